The minimum Gasteiger partial charge on any atom is -0.459 e. The number of nitrogens with two attached hydrogens (primary N) is 1. The van der Waals surface area contributed by atoms with Crippen LogP contribution in [0.25, 0.3) is 0 Å². The van der Waals surface area contributed by atoms with Gasteiger partial charge in [0, 0.05) is 16.9 Å². The average molecular weight is 399 g/mol. The number of nitrogens with one attached hydrogen (secondary N) is 2. The lowest BCUT2D eigenvalue weighted by atomic mass is 10.1. The van der Waals surface area contributed by atoms with E-state index < -0.39 is 21.8 Å². The van der Waals surface area contributed by atoms with Crippen LogP contribution in [0.5, 0.6) is 0 Å². The van der Waals surface area contributed by atoms with E-state index in [0.717, 1.165) is 5.56 Å². The van der Waals surface area contributed by atoms with Crippen LogP contribution < -0.4 is 15.8 Å². The van der Waals surface area contributed by atoms with E-state index in [9.17, 15) is 18.0 Å². The summed E-state index contributed by atoms with van der Waals surface area (Å²) >= 11 is 0. The van der Waals surface area contributed by atoms with Crippen molar-refractivity contribution < 1.29 is 22.4 Å². The lowest BCUT2D eigenvalue weighted by Gasteiger charge is -2.11. The molecule has 4 N–H and O–H groups in total. The van der Waals surface area contributed by atoms with Gasteiger partial charge in [0.25, 0.3) is 11.8 Å². The number of hydrogen-bond donors (Lipinski definition) is 3. The third-order valence-electron chi connectivity index (χ3n) is 3.93. The fourth-order valence-corrected chi connectivity index (χ4v) is 2.94. The number of hydrogen-bond acceptors (Lipinski definition) is 5. The zero-order chi connectivity index (χ0) is 20.3. The summed E-state index contributed by atoms with van der Waals surface area (Å²) in [5.41, 5.74) is 1.96. The molecule has 2 aromatic carbocycles. The van der Waals surface area contributed by atoms with Crippen LogP contribution in [0.2, 0.25) is 0 Å². The van der Waals surface area contributed by atoms with E-state index in [4.69, 9.17) is 9.56 Å². The van der Waals surface area contributed by atoms with E-state index in [2.05, 4.69) is 10.6 Å². The third-order valence-corrected chi connectivity index (χ3v) is 4.86. The maximum Gasteiger partial charge on any atom is 0.291 e. The molecule has 3 rings (SSSR count). The van der Waals surface area contributed by atoms with Gasteiger partial charge >= 0.3 is 0 Å². The Kier molecular flexibility index (Phi) is 5.30. The van der Waals surface area contributed by atoms with Crippen LogP contribution in [-0.4, -0.2) is 20.2 Å². The van der Waals surface area contributed by atoms with Crippen molar-refractivity contribution in [3.8, 4) is 0 Å². The molecule has 1 heterocycles. The molecular formula is C19H17N3O5S. The highest BCUT2D eigenvalue weighted by molar-refractivity contribution is 7.89. The van der Waals surface area contributed by atoms with E-state index >= 15 is 0 Å². The van der Waals surface area contributed by atoms with E-state index in [1.54, 1.807) is 31.2 Å². The quantitative estimate of drug-likeness (QED) is 0.607. The summed E-state index contributed by atoms with van der Waals surface area (Å²) in [5, 5.41) is 10.4. The van der Waals surface area contributed by atoms with Gasteiger partial charge in [-0.2, -0.15) is 0 Å². The molecule has 28 heavy (non-hydrogen) atoms. The molecule has 0 atom stereocenters. The SMILES string of the molecule is Cc1ccc(C(=O)Nc2ccc(S(N)(=O)=O)cc2)cc1NC(=O)c1ccco1. The molecule has 0 saturated carbocycles. The highest BCUT2D eigenvalue weighted by atomic mass is 32.2. The van der Waals surface area contributed by atoms with Crippen molar-refractivity contribution in [1.82, 2.24) is 0 Å². The number of aryl methyl sites for hydroxylation is 1. The normalized spacial score (nSPS) is 11.1. The van der Waals surface area contributed by atoms with Gasteiger partial charge in [0.15, 0.2) is 5.76 Å². The fraction of sp³-hybridized carbons (Fsp3) is 0.0526. The second-order valence-corrected chi connectivity index (χ2v) is 7.55. The highest BCUT2D eigenvalue weighted by Crippen LogP contribution is 2.20. The molecule has 2 amide bonds. The minimum absolute atomic E-state index is 0.0521. The summed E-state index contributed by atoms with van der Waals surface area (Å²) in [6.45, 7) is 1.80. The second-order valence-electron chi connectivity index (χ2n) is 5.98. The Hall–Kier alpha value is -3.43. The Morgan fingerprint density at radius 2 is 1.68 bits per heavy atom. The van der Waals surface area contributed by atoms with Gasteiger partial charge in [-0.15, -0.1) is 0 Å². The Labute approximate surface area is 161 Å². The Bertz CT molecular complexity index is 1120. The maximum atomic E-state index is 12.5. The van der Waals surface area contributed by atoms with Crippen molar-refractivity contribution >= 4 is 33.2 Å². The summed E-state index contributed by atoms with van der Waals surface area (Å²) in [6, 6.07) is 13.5. The van der Waals surface area contributed by atoms with Gasteiger partial charge in [0.2, 0.25) is 10.0 Å². The minimum atomic E-state index is -3.80. The third kappa shape index (κ3) is 4.45. The monoisotopic (exact) mass is 399 g/mol. The number of sulfonamides is 1. The Morgan fingerprint density at radius 1 is 0.964 bits per heavy atom. The molecule has 3 aromatic rings. The first-order valence-corrected chi connectivity index (χ1v) is 9.68. The van der Waals surface area contributed by atoms with E-state index in [1.807, 2.05) is 0 Å². The number of amides is 2. The molecule has 0 bridgehead atoms. The van der Waals surface area contributed by atoms with Crippen molar-refractivity contribution in [1.29, 1.82) is 0 Å². The van der Waals surface area contributed by atoms with Crippen LogP contribution in [0, 0.1) is 6.92 Å². The van der Waals surface area contributed by atoms with Crippen LogP contribution in [0.4, 0.5) is 11.4 Å². The van der Waals surface area contributed by atoms with E-state index in [1.165, 1.54) is 36.6 Å². The van der Waals surface area contributed by atoms with Gasteiger partial charge < -0.3 is 15.1 Å². The maximum absolute atomic E-state index is 12.5. The molecule has 144 valence electrons. The first-order valence-electron chi connectivity index (χ1n) is 8.14. The number of benzene rings is 2. The molecule has 0 saturated heterocycles. The number of carbonyl (C=O) groups excluding carboxylic acids is 2. The van der Waals surface area contributed by atoms with Crippen LogP contribution >= 0.6 is 0 Å². The van der Waals surface area contributed by atoms with Crippen molar-refractivity contribution in [2.24, 2.45) is 5.14 Å². The summed E-state index contributed by atoms with van der Waals surface area (Å²) in [7, 11) is -3.80. The highest BCUT2D eigenvalue weighted by Gasteiger charge is 2.14. The van der Waals surface area contributed by atoms with Crippen LogP contribution in [0.15, 0.2) is 70.2 Å². The van der Waals surface area contributed by atoms with Crippen LogP contribution in [0.1, 0.15) is 26.5 Å². The molecule has 0 aliphatic carbocycles. The zero-order valence-electron chi connectivity index (χ0n) is 14.8. The Balaban J connectivity index is 1.76. The largest absolute Gasteiger partial charge is 0.459 e. The fourth-order valence-electron chi connectivity index (χ4n) is 2.42. The van der Waals surface area contributed by atoms with Crippen molar-refractivity contribution in [3.05, 3.63) is 77.7 Å². The van der Waals surface area contributed by atoms with E-state index in [0.29, 0.717) is 16.9 Å². The first kappa shape index (κ1) is 19.3. The summed E-state index contributed by atoms with van der Waals surface area (Å²) in [5.74, 6) is -0.690. The molecule has 1 aromatic heterocycles. The number of furan rings is 1. The molecule has 0 spiro atoms. The molecule has 0 aliphatic rings. The van der Waals surface area contributed by atoms with Gasteiger partial charge in [-0.25, -0.2) is 13.6 Å². The standard InChI is InChI=1S/C19H17N3O5S/c1-12-4-5-13(11-16(12)22-19(24)17-3-2-10-27-17)18(23)21-14-6-8-15(9-7-14)28(20,25)26/h2-11H,1H3,(H,21,23)(H,22,24)(H2,20,25,26). The van der Waals surface area contributed by atoms with Crippen molar-refractivity contribution in [2.45, 2.75) is 11.8 Å². The number of rotatable bonds is 5. The second kappa shape index (κ2) is 7.67. The topological polar surface area (TPSA) is 132 Å². The summed E-state index contributed by atoms with van der Waals surface area (Å²) in [4.78, 5) is 24.6. The van der Waals surface area contributed by atoms with E-state index in [-0.39, 0.29) is 10.7 Å². The van der Waals surface area contributed by atoms with Gasteiger partial charge in [0.05, 0.1) is 11.2 Å². The van der Waals surface area contributed by atoms with Gasteiger partial charge in [-0.1, -0.05) is 6.07 Å². The lowest BCUT2D eigenvalue weighted by Crippen LogP contribution is -2.15. The molecular weight excluding hydrogens is 382 g/mol. The van der Waals surface area contributed by atoms with Gasteiger partial charge in [-0.3, -0.25) is 9.59 Å². The van der Waals surface area contributed by atoms with Crippen LogP contribution in [0.3, 0.4) is 0 Å². The number of carbonyl (C=O) groups is 2. The number of primary sulfonamides is 1. The summed E-state index contributed by atoms with van der Waals surface area (Å²) in [6.07, 6.45) is 1.40. The molecule has 0 aliphatic heterocycles. The van der Waals surface area contributed by atoms with Crippen molar-refractivity contribution in [3.63, 3.8) is 0 Å². The average Bonchev–Trinajstić information content (AvgIpc) is 3.18. The predicted molar refractivity (Wildman–Crippen MR) is 104 cm³/mol. The van der Waals surface area contributed by atoms with Gasteiger partial charge in [0.1, 0.15) is 0 Å². The molecule has 0 fully saturated rings. The van der Waals surface area contributed by atoms with Crippen molar-refractivity contribution in [2.75, 3.05) is 10.6 Å². The van der Waals surface area contributed by atoms with Crippen LogP contribution in [-0.2, 0) is 10.0 Å². The summed E-state index contributed by atoms with van der Waals surface area (Å²) < 4.78 is 27.6. The van der Waals surface area contributed by atoms with Gasteiger partial charge in [-0.05, 0) is 61.0 Å². The zero-order valence-corrected chi connectivity index (χ0v) is 15.6. The smallest absolute Gasteiger partial charge is 0.291 e. The predicted octanol–water partition coefficient (Wildman–Crippen LogP) is 2.74. The molecule has 9 heteroatoms. The Morgan fingerprint density at radius 3 is 2.29 bits per heavy atom. The lowest BCUT2D eigenvalue weighted by molar-refractivity contribution is 0.0993. The number of anilines is 2. The molecule has 0 unspecified atom stereocenters. The molecule has 8 nitrogen and oxygen atoms in total. The molecule has 0 radical (unpaired) electrons. The first-order chi connectivity index (χ1) is 13.2.